The van der Waals surface area contributed by atoms with Crippen molar-refractivity contribution in [3.8, 4) is 0 Å². The van der Waals surface area contributed by atoms with Gasteiger partial charge in [0.25, 0.3) is 0 Å². The third-order valence-corrected chi connectivity index (χ3v) is 3.08. The van der Waals surface area contributed by atoms with Crippen LogP contribution in [0.15, 0.2) is 37.5 Å². The van der Waals surface area contributed by atoms with E-state index in [1.165, 1.54) is 6.08 Å². The Bertz CT molecular complexity index is 482. The molecule has 0 radical (unpaired) electrons. The Morgan fingerprint density at radius 3 is 2.12 bits per heavy atom. The second kappa shape index (κ2) is 14.0. The van der Waals surface area contributed by atoms with Crippen LogP contribution < -0.4 is 0 Å². The molecule has 0 amide bonds. The highest BCUT2D eigenvalue weighted by Crippen LogP contribution is 2.08. The Hall–Kier alpha value is -2.41. The van der Waals surface area contributed by atoms with Crippen LogP contribution in [0, 0.1) is 0 Å². The van der Waals surface area contributed by atoms with E-state index in [-0.39, 0.29) is 6.61 Å². The Kier molecular flexibility index (Phi) is 12.6. The van der Waals surface area contributed by atoms with Gasteiger partial charge in [-0.15, -0.1) is 0 Å². The molecular formula is C18H26O7. The fourth-order valence-corrected chi connectivity index (χ4v) is 1.75. The Morgan fingerprint density at radius 2 is 1.60 bits per heavy atom. The third kappa shape index (κ3) is 10.9. The topological polar surface area (TPSA) is 99.1 Å². The van der Waals surface area contributed by atoms with Crippen LogP contribution in [-0.2, 0) is 28.6 Å². The molecule has 0 saturated heterocycles. The van der Waals surface area contributed by atoms with E-state index >= 15 is 0 Å². The second-order valence-electron chi connectivity index (χ2n) is 5.07. The van der Waals surface area contributed by atoms with Crippen LogP contribution in [0.2, 0.25) is 0 Å². The first-order valence-electron chi connectivity index (χ1n) is 8.08. The van der Waals surface area contributed by atoms with Gasteiger partial charge in [-0.2, -0.15) is 0 Å². The lowest BCUT2D eigenvalue weighted by Crippen LogP contribution is -2.41. The van der Waals surface area contributed by atoms with Gasteiger partial charge in [-0.1, -0.05) is 39.0 Å². The molecule has 0 rings (SSSR count). The highest BCUT2D eigenvalue weighted by molar-refractivity contribution is 5.83. The number of hydrogen-bond donors (Lipinski definition) is 1. The van der Waals surface area contributed by atoms with Crippen LogP contribution in [0.3, 0.4) is 0 Å². The van der Waals surface area contributed by atoms with E-state index in [0.717, 1.165) is 37.8 Å². The molecule has 0 unspecified atom stereocenters. The van der Waals surface area contributed by atoms with Crippen molar-refractivity contribution in [3.63, 3.8) is 0 Å². The van der Waals surface area contributed by atoms with Crippen molar-refractivity contribution in [2.24, 2.45) is 0 Å². The fraction of sp³-hybridized carbons (Fsp3) is 0.500. The highest BCUT2D eigenvalue weighted by Gasteiger charge is 2.28. The van der Waals surface area contributed by atoms with Crippen LogP contribution in [0.5, 0.6) is 0 Å². The Morgan fingerprint density at radius 1 is 1.00 bits per heavy atom. The molecule has 0 aliphatic heterocycles. The van der Waals surface area contributed by atoms with Crippen molar-refractivity contribution in [2.75, 3.05) is 13.2 Å². The van der Waals surface area contributed by atoms with Crippen LogP contribution in [-0.4, -0.2) is 48.4 Å². The summed E-state index contributed by atoms with van der Waals surface area (Å²) < 4.78 is 14.9. The average Bonchev–Trinajstić information content (AvgIpc) is 2.62. The van der Waals surface area contributed by atoms with E-state index in [1.807, 2.05) is 0 Å². The number of aliphatic hydroxyl groups excluding tert-OH is 1. The van der Waals surface area contributed by atoms with Crippen molar-refractivity contribution in [2.45, 2.75) is 44.8 Å². The van der Waals surface area contributed by atoms with Crippen molar-refractivity contribution in [1.82, 2.24) is 0 Å². The van der Waals surface area contributed by atoms with Crippen LogP contribution in [0.4, 0.5) is 0 Å². The zero-order valence-corrected chi connectivity index (χ0v) is 14.5. The number of carbonyl (C=O) groups is 3. The van der Waals surface area contributed by atoms with E-state index in [0.29, 0.717) is 0 Å². The van der Waals surface area contributed by atoms with Gasteiger partial charge in [-0.25, -0.2) is 14.4 Å². The van der Waals surface area contributed by atoms with Gasteiger partial charge in [0, 0.05) is 18.2 Å². The largest absolute Gasteiger partial charge is 0.458 e. The van der Waals surface area contributed by atoms with Crippen LogP contribution >= 0.6 is 0 Å². The predicted molar refractivity (Wildman–Crippen MR) is 91.5 cm³/mol. The lowest BCUT2D eigenvalue weighted by Gasteiger charge is -2.24. The van der Waals surface area contributed by atoms with Crippen molar-refractivity contribution < 1.29 is 33.7 Å². The molecule has 1 N–H and O–H groups in total. The first-order chi connectivity index (χ1) is 12.0. The number of unbranched alkanes of at least 4 members (excludes halogenated alkanes) is 3. The normalized spacial score (nSPS) is 12.9. The molecule has 0 aliphatic carbocycles. The molecule has 0 bridgehead atoms. The summed E-state index contributed by atoms with van der Waals surface area (Å²) in [5.74, 6) is -2.23. The summed E-state index contributed by atoms with van der Waals surface area (Å²) in [6.45, 7) is 7.57. The van der Waals surface area contributed by atoms with Crippen molar-refractivity contribution >= 4 is 17.9 Å². The maximum atomic E-state index is 11.7. The lowest BCUT2D eigenvalue weighted by atomic mass is 10.2. The predicted octanol–water partition coefficient (Wildman–Crippen LogP) is 1.85. The maximum absolute atomic E-state index is 11.7. The minimum absolute atomic E-state index is 0.382. The quantitative estimate of drug-likeness (QED) is 0.233. The summed E-state index contributed by atoms with van der Waals surface area (Å²) >= 11 is 0. The van der Waals surface area contributed by atoms with Gasteiger partial charge in [-0.3, -0.25) is 0 Å². The smallest absolute Gasteiger partial charge is 0.330 e. The van der Waals surface area contributed by atoms with Gasteiger partial charge in [0.2, 0.25) is 0 Å². The summed E-state index contributed by atoms with van der Waals surface area (Å²) in [4.78, 5) is 34.3. The highest BCUT2D eigenvalue weighted by atomic mass is 16.6. The number of ether oxygens (including phenoxy) is 3. The molecule has 0 fully saturated rings. The first-order valence-corrected chi connectivity index (χ1v) is 8.08. The molecule has 7 heteroatoms. The molecule has 0 aliphatic rings. The Labute approximate surface area is 147 Å². The minimum Gasteiger partial charge on any atom is -0.458 e. The number of carbonyl (C=O) groups excluding carboxylic acids is 3. The monoisotopic (exact) mass is 354 g/mol. The molecule has 0 spiro atoms. The molecule has 0 heterocycles. The molecular weight excluding hydrogens is 328 g/mol. The number of hydrogen-bond acceptors (Lipinski definition) is 7. The van der Waals surface area contributed by atoms with E-state index in [1.54, 1.807) is 6.08 Å². The number of esters is 3. The van der Waals surface area contributed by atoms with E-state index in [2.05, 4.69) is 20.1 Å². The van der Waals surface area contributed by atoms with Gasteiger partial charge in [0.1, 0.15) is 6.61 Å². The summed E-state index contributed by atoms with van der Waals surface area (Å²) in [7, 11) is 0. The standard InChI is InChI=1S/C18H26O7/c1-4-7-8-9-10-11-18(22)23-13-15(25-17(21)6-3)14(12-19)24-16(20)5-2/h5-6,10-11,14-15,19H,2-4,7-9,12-13H2,1H3/t14-,15+/m1/s1. The van der Waals surface area contributed by atoms with Gasteiger partial charge < -0.3 is 19.3 Å². The van der Waals surface area contributed by atoms with E-state index < -0.39 is 36.7 Å². The van der Waals surface area contributed by atoms with Crippen molar-refractivity contribution in [3.05, 3.63) is 37.5 Å². The molecule has 0 aromatic rings. The van der Waals surface area contributed by atoms with E-state index in [4.69, 9.17) is 14.2 Å². The average molecular weight is 354 g/mol. The van der Waals surface area contributed by atoms with E-state index in [9.17, 15) is 19.5 Å². The molecule has 0 aromatic carbocycles. The number of allylic oxidation sites excluding steroid dienone is 1. The van der Waals surface area contributed by atoms with Gasteiger partial charge in [0.15, 0.2) is 12.2 Å². The summed E-state index contributed by atoms with van der Waals surface area (Å²) in [5, 5.41) is 9.33. The minimum atomic E-state index is -1.20. The summed E-state index contributed by atoms with van der Waals surface area (Å²) in [6.07, 6.45) is 6.32. The fourth-order valence-electron chi connectivity index (χ4n) is 1.75. The summed E-state index contributed by atoms with van der Waals surface area (Å²) in [6, 6.07) is 0. The Balaban J connectivity index is 4.68. The summed E-state index contributed by atoms with van der Waals surface area (Å²) in [5.41, 5.74) is 0. The third-order valence-electron chi connectivity index (χ3n) is 3.08. The lowest BCUT2D eigenvalue weighted by molar-refractivity contribution is -0.172. The second-order valence-corrected chi connectivity index (χ2v) is 5.07. The molecule has 7 nitrogen and oxygen atoms in total. The van der Waals surface area contributed by atoms with Crippen molar-refractivity contribution in [1.29, 1.82) is 0 Å². The van der Waals surface area contributed by atoms with Crippen LogP contribution in [0.1, 0.15) is 32.6 Å². The van der Waals surface area contributed by atoms with Gasteiger partial charge in [-0.05, 0) is 12.8 Å². The molecule has 2 atom stereocenters. The van der Waals surface area contributed by atoms with Gasteiger partial charge in [0.05, 0.1) is 6.61 Å². The zero-order chi connectivity index (χ0) is 19.1. The van der Waals surface area contributed by atoms with Crippen LogP contribution in [0.25, 0.3) is 0 Å². The molecule has 25 heavy (non-hydrogen) atoms. The molecule has 140 valence electrons. The maximum Gasteiger partial charge on any atom is 0.330 e. The molecule has 0 aromatic heterocycles. The first kappa shape index (κ1) is 22.6. The number of aliphatic hydroxyl groups is 1. The van der Waals surface area contributed by atoms with Gasteiger partial charge >= 0.3 is 17.9 Å². The zero-order valence-electron chi connectivity index (χ0n) is 14.5. The SMILES string of the molecule is C=CC(=O)O[C@@H](COC(=O)C=CCCCCC)[C@@H](CO)OC(=O)C=C. The molecule has 0 saturated carbocycles. The number of rotatable bonds is 13.